The molecule has 2 heterocycles. The monoisotopic (exact) mass is 409 g/mol. The van der Waals surface area contributed by atoms with E-state index in [0.29, 0.717) is 31.9 Å². The van der Waals surface area contributed by atoms with Gasteiger partial charge in [-0.3, -0.25) is 14.9 Å². The van der Waals surface area contributed by atoms with E-state index in [0.717, 1.165) is 0 Å². The lowest BCUT2D eigenvalue weighted by Gasteiger charge is -2.37. The Hall–Kier alpha value is -2.71. The molecule has 0 spiro atoms. The van der Waals surface area contributed by atoms with Crippen LogP contribution in [0.15, 0.2) is 12.1 Å². The van der Waals surface area contributed by atoms with Crippen LogP contribution in [0, 0.1) is 11.6 Å². The molecule has 9 heteroatoms. The van der Waals surface area contributed by atoms with Gasteiger partial charge in [0.1, 0.15) is 17.2 Å². The first-order valence-electron chi connectivity index (χ1n) is 9.60. The number of amides is 3. The molecule has 158 valence electrons. The number of nitrogens with zero attached hydrogens (tertiary/aromatic N) is 2. The van der Waals surface area contributed by atoms with Gasteiger partial charge in [-0.05, 0) is 39.3 Å². The number of ether oxygens (including phenoxy) is 1. The first-order valence-corrected chi connectivity index (χ1v) is 9.60. The van der Waals surface area contributed by atoms with E-state index in [-0.39, 0.29) is 18.4 Å². The molecule has 0 aromatic heterocycles. The van der Waals surface area contributed by atoms with Crippen molar-refractivity contribution in [2.75, 3.05) is 31.1 Å². The van der Waals surface area contributed by atoms with Gasteiger partial charge < -0.3 is 14.5 Å². The Labute approximate surface area is 168 Å². The average Bonchev–Trinajstić information content (AvgIpc) is 2.61. The molecule has 1 unspecified atom stereocenters. The highest BCUT2D eigenvalue weighted by Crippen LogP contribution is 2.32. The molecule has 2 fully saturated rings. The molecule has 3 amide bonds. The summed E-state index contributed by atoms with van der Waals surface area (Å²) in [6.45, 7) is 6.90. The molecule has 0 saturated carbocycles. The van der Waals surface area contributed by atoms with Crippen molar-refractivity contribution in [2.24, 2.45) is 0 Å². The lowest BCUT2D eigenvalue weighted by atomic mass is 9.89. The summed E-state index contributed by atoms with van der Waals surface area (Å²) in [5, 5.41) is 2.12. The number of hydrogen-bond donors (Lipinski definition) is 1. The average molecular weight is 409 g/mol. The number of rotatable bonds is 2. The Bertz CT molecular complexity index is 807. The highest BCUT2D eigenvalue weighted by molar-refractivity contribution is 6.01. The second kappa shape index (κ2) is 7.96. The van der Waals surface area contributed by atoms with Crippen LogP contribution in [0.4, 0.5) is 19.3 Å². The van der Waals surface area contributed by atoms with Crippen LogP contribution in [0.25, 0.3) is 0 Å². The van der Waals surface area contributed by atoms with Gasteiger partial charge in [0.05, 0.1) is 5.92 Å². The van der Waals surface area contributed by atoms with E-state index >= 15 is 0 Å². The number of nitrogens with one attached hydrogen (secondary N) is 1. The summed E-state index contributed by atoms with van der Waals surface area (Å²) in [5.41, 5.74) is -0.558. The van der Waals surface area contributed by atoms with E-state index in [1.807, 2.05) is 0 Å². The molecule has 3 rings (SSSR count). The number of piperidine rings is 1. The molecule has 0 radical (unpaired) electrons. The lowest BCUT2D eigenvalue weighted by Crippen LogP contribution is -2.50. The minimum Gasteiger partial charge on any atom is -0.444 e. The third kappa shape index (κ3) is 4.83. The van der Waals surface area contributed by atoms with Crippen molar-refractivity contribution >= 4 is 23.6 Å². The Morgan fingerprint density at radius 1 is 1.10 bits per heavy atom. The largest absolute Gasteiger partial charge is 0.444 e. The highest BCUT2D eigenvalue weighted by atomic mass is 19.1. The van der Waals surface area contributed by atoms with Crippen LogP contribution >= 0.6 is 0 Å². The molecule has 1 aromatic rings. The van der Waals surface area contributed by atoms with Crippen molar-refractivity contribution in [1.82, 2.24) is 10.2 Å². The van der Waals surface area contributed by atoms with Crippen LogP contribution in [0.1, 0.15) is 45.1 Å². The maximum Gasteiger partial charge on any atom is 0.410 e. The van der Waals surface area contributed by atoms with Gasteiger partial charge in [-0.1, -0.05) is 0 Å². The molecule has 1 atom stereocenters. The van der Waals surface area contributed by atoms with E-state index in [2.05, 4.69) is 5.32 Å². The zero-order valence-corrected chi connectivity index (χ0v) is 16.8. The van der Waals surface area contributed by atoms with E-state index in [1.165, 1.54) is 12.1 Å². The third-order valence-electron chi connectivity index (χ3n) is 4.95. The molecule has 2 aliphatic rings. The number of halogens is 2. The lowest BCUT2D eigenvalue weighted by molar-refractivity contribution is -0.134. The van der Waals surface area contributed by atoms with Gasteiger partial charge in [-0.2, -0.15) is 0 Å². The van der Waals surface area contributed by atoms with Crippen LogP contribution in [0.5, 0.6) is 0 Å². The molecule has 2 saturated heterocycles. The number of imide groups is 1. The predicted octanol–water partition coefficient (Wildman–Crippen LogP) is 2.54. The van der Waals surface area contributed by atoms with Crippen LogP contribution in [-0.4, -0.2) is 54.6 Å². The zero-order valence-electron chi connectivity index (χ0n) is 16.8. The summed E-state index contributed by atoms with van der Waals surface area (Å²) < 4.78 is 34.7. The fourth-order valence-corrected chi connectivity index (χ4v) is 3.53. The molecule has 2 aliphatic heterocycles. The van der Waals surface area contributed by atoms with Gasteiger partial charge in [0.2, 0.25) is 11.8 Å². The normalized spacial score (nSPS) is 20.5. The SMILES string of the molecule is CC(C)(C)OC(=O)N1CCN(c2cc(F)c(C3CCC(=O)NC3=O)c(F)c2)CC1. The molecule has 1 N–H and O–H groups in total. The van der Waals surface area contributed by atoms with Crippen molar-refractivity contribution < 1.29 is 27.9 Å². The van der Waals surface area contributed by atoms with Gasteiger partial charge in [0.25, 0.3) is 0 Å². The topological polar surface area (TPSA) is 79.0 Å². The number of carbonyl (C=O) groups is 3. The standard InChI is InChI=1S/C20H25F2N3O4/c1-20(2,3)29-19(28)25-8-6-24(7-9-25)12-10-14(21)17(15(22)11-12)13-4-5-16(26)23-18(13)27/h10-11,13H,4-9H2,1-3H3,(H,23,26,27). The van der Waals surface area contributed by atoms with Crippen LogP contribution in [-0.2, 0) is 14.3 Å². The van der Waals surface area contributed by atoms with Crippen LogP contribution < -0.4 is 10.2 Å². The fraction of sp³-hybridized carbons (Fsp3) is 0.550. The molecular weight excluding hydrogens is 384 g/mol. The van der Waals surface area contributed by atoms with Gasteiger partial charge >= 0.3 is 6.09 Å². The second-order valence-corrected chi connectivity index (χ2v) is 8.28. The number of piperazine rings is 1. The van der Waals surface area contributed by atoms with Crippen molar-refractivity contribution in [2.45, 2.75) is 45.1 Å². The van der Waals surface area contributed by atoms with Crippen molar-refractivity contribution in [3.05, 3.63) is 29.3 Å². The molecular formula is C20H25F2N3O4. The van der Waals surface area contributed by atoms with E-state index in [9.17, 15) is 23.2 Å². The first-order chi connectivity index (χ1) is 13.5. The molecule has 0 aliphatic carbocycles. The van der Waals surface area contributed by atoms with Gasteiger partial charge in [0, 0.05) is 43.9 Å². The van der Waals surface area contributed by atoms with E-state index < -0.39 is 41.1 Å². The Balaban J connectivity index is 1.69. The molecule has 7 nitrogen and oxygen atoms in total. The zero-order chi connectivity index (χ0) is 21.3. The number of benzene rings is 1. The second-order valence-electron chi connectivity index (χ2n) is 8.28. The smallest absolute Gasteiger partial charge is 0.410 e. The van der Waals surface area contributed by atoms with Crippen molar-refractivity contribution in [3.8, 4) is 0 Å². The third-order valence-corrected chi connectivity index (χ3v) is 4.95. The Morgan fingerprint density at radius 2 is 1.69 bits per heavy atom. The van der Waals surface area contributed by atoms with Gasteiger partial charge in [-0.25, -0.2) is 13.6 Å². The number of anilines is 1. The summed E-state index contributed by atoms with van der Waals surface area (Å²) in [7, 11) is 0. The number of hydrogen-bond acceptors (Lipinski definition) is 5. The Kier molecular flexibility index (Phi) is 5.77. The first kappa shape index (κ1) is 21.0. The molecule has 1 aromatic carbocycles. The van der Waals surface area contributed by atoms with Gasteiger partial charge in [0.15, 0.2) is 0 Å². The number of carbonyl (C=O) groups excluding carboxylic acids is 3. The summed E-state index contributed by atoms with van der Waals surface area (Å²) in [6, 6.07) is 2.40. The minimum absolute atomic E-state index is 0.0453. The highest BCUT2D eigenvalue weighted by Gasteiger charge is 2.33. The summed E-state index contributed by atoms with van der Waals surface area (Å²) in [6.07, 6.45) is -0.293. The van der Waals surface area contributed by atoms with Crippen LogP contribution in [0.2, 0.25) is 0 Å². The minimum atomic E-state index is -1.02. The maximum absolute atomic E-state index is 14.7. The fourth-order valence-electron chi connectivity index (χ4n) is 3.53. The summed E-state index contributed by atoms with van der Waals surface area (Å²) >= 11 is 0. The van der Waals surface area contributed by atoms with Crippen molar-refractivity contribution in [3.63, 3.8) is 0 Å². The quantitative estimate of drug-likeness (QED) is 0.760. The molecule has 0 bridgehead atoms. The summed E-state index contributed by atoms with van der Waals surface area (Å²) in [5.74, 6) is -3.77. The van der Waals surface area contributed by atoms with E-state index in [4.69, 9.17) is 4.74 Å². The summed E-state index contributed by atoms with van der Waals surface area (Å²) in [4.78, 5) is 38.7. The van der Waals surface area contributed by atoms with E-state index in [1.54, 1.807) is 30.6 Å². The molecule has 29 heavy (non-hydrogen) atoms. The van der Waals surface area contributed by atoms with Gasteiger partial charge in [-0.15, -0.1) is 0 Å². The maximum atomic E-state index is 14.7. The van der Waals surface area contributed by atoms with Crippen molar-refractivity contribution in [1.29, 1.82) is 0 Å². The Morgan fingerprint density at radius 3 is 2.21 bits per heavy atom. The predicted molar refractivity (Wildman–Crippen MR) is 102 cm³/mol. The van der Waals surface area contributed by atoms with Crippen LogP contribution in [0.3, 0.4) is 0 Å².